The molecule has 1 spiro atoms. The van der Waals surface area contributed by atoms with Gasteiger partial charge in [0.15, 0.2) is 0 Å². The largest absolute Gasteiger partial charge is 0.388 e. The molecule has 5 nitrogen and oxygen atoms in total. The molecule has 2 aromatic rings. The zero-order valence-corrected chi connectivity index (χ0v) is 14.0. The van der Waals surface area contributed by atoms with E-state index in [4.69, 9.17) is 4.74 Å². The van der Waals surface area contributed by atoms with E-state index in [-0.39, 0.29) is 11.5 Å². The van der Waals surface area contributed by atoms with Crippen LogP contribution < -0.4 is 0 Å². The number of rotatable bonds is 4. The molecule has 2 fully saturated rings. The Bertz CT molecular complexity index is 759. The molecule has 24 heavy (non-hydrogen) atoms. The topological polar surface area (TPSA) is 65.6 Å². The number of hydrogen-bond acceptors (Lipinski definition) is 3. The zero-order chi connectivity index (χ0) is 16.8. The van der Waals surface area contributed by atoms with Gasteiger partial charge in [-0.05, 0) is 31.4 Å². The summed E-state index contributed by atoms with van der Waals surface area (Å²) in [5.41, 5.74) is 1.38. The number of amides is 1. The van der Waals surface area contributed by atoms with E-state index >= 15 is 0 Å². The molecule has 5 heteroatoms. The van der Waals surface area contributed by atoms with Crippen molar-refractivity contribution in [1.82, 2.24) is 9.88 Å². The molecule has 1 atom stereocenters. The van der Waals surface area contributed by atoms with Gasteiger partial charge in [0.25, 0.3) is 0 Å². The number of benzene rings is 1. The third-order valence-corrected chi connectivity index (χ3v) is 5.21. The highest BCUT2D eigenvalue weighted by Crippen LogP contribution is 2.39. The van der Waals surface area contributed by atoms with E-state index in [9.17, 15) is 9.90 Å². The minimum absolute atomic E-state index is 0.190. The SMILES string of the molecule is CC1(O)COC2(CN(C(=O)CCCc3c[nH]c4ccccc34)C2)C1. The molecule has 1 amide bonds. The van der Waals surface area contributed by atoms with Crippen LogP contribution in [0.2, 0.25) is 0 Å². The molecule has 0 aliphatic carbocycles. The van der Waals surface area contributed by atoms with Crippen LogP contribution in [0.3, 0.4) is 0 Å². The maximum absolute atomic E-state index is 12.3. The van der Waals surface area contributed by atoms with Crippen molar-refractivity contribution in [2.45, 2.75) is 43.8 Å². The summed E-state index contributed by atoms with van der Waals surface area (Å²) < 4.78 is 5.74. The van der Waals surface area contributed by atoms with Crippen LogP contribution in [0.1, 0.15) is 31.7 Å². The van der Waals surface area contributed by atoms with Gasteiger partial charge in [-0.25, -0.2) is 0 Å². The normalized spacial score (nSPS) is 25.3. The van der Waals surface area contributed by atoms with E-state index in [2.05, 4.69) is 17.1 Å². The summed E-state index contributed by atoms with van der Waals surface area (Å²) >= 11 is 0. The Morgan fingerprint density at radius 2 is 2.17 bits per heavy atom. The first-order valence-electron chi connectivity index (χ1n) is 8.66. The summed E-state index contributed by atoms with van der Waals surface area (Å²) in [5.74, 6) is 0.190. The average Bonchev–Trinajstić information content (AvgIpc) is 3.07. The van der Waals surface area contributed by atoms with Gasteiger partial charge in [-0.1, -0.05) is 18.2 Å². The van der Waals surface area contributed by atoms with E-state index < -0.39 is 5.60 Å². The van der Waals surface area contributed by atoms with Crippen molar-refractivity contribution in [1.29, 1.82) is 0 Å². The van der Waals surface area contributed by atoms with Crippen LogP contribution >= 0.6 is 0 Å². The summed E-state index contributed by atoms with van der Waals surface area (Å²) in [5, 5.41) is 11.3. The standard InChI is InChI=1S/C19H24N2O3/c1-18(23)10-19(24-13-18)11-21(12-19)17(22)8-4-5-14-9-20-16-7-3-2-6-15(14)16/h2-3,6-7,9,20,23H,4-5,8,10-13H2,1H3. The third kappa shape index (κ3) is 2.82. The Kier molecular flexibility index (Phi) is 3.66. The molecule has 0 bridgehead atoms. The number of ether oxygens (including phenoxy) is 1. The number of carbonyl (C=O) groups is 1. The van der Waals surface area contributed by atoms with Gasteiger partial charge in [-0.2, -0.15) is 0 Å². The Hall–Kier alpha value is -1.85. The summed E-state index contributed by atoms with van der Waals surface area (Å²) in [7, 11) is 0. The van der Waals surface area contributed by atoms with E-state index in [1.54, 1.807) is 6.92 Å². The first kappa shape index (κ1) is 15.7. The molecule has 2 aliphatic rings. The molecule has 128 valence electrons. The van der Waals surface area contributed by atoms with Gasteiger partial charge in [-0.3, -0.25) is 4.79 Å². The number of aryl methyl sites for hydroxylation is 1. The molecule has 2 aliphatic heterocycles. The maximum Gasteiger partial charge on any atom is 0.222 e. The van der Waals surface area contributed by atoms with E-state index in [0.717, 1.165) is 18.4 Å². The fourth-order valence-corrected chi connectivity index (χ4v) is 4.06. The number of fused-ring (bicyclic) bond motifs is 1. The highest BCUT2D eigenvalue weighted by Gasteiger charge is 2.54. The van der Waals surface area contributed by atoms with Gasteiger partial charge in [0.05, 0.1) is 25.3 Å². The van der Waals surface area contributed by atoms with Crippen LogP contribution in [0.5, 0.6) is 0 Å². The van der Waals surface area contributed by atoms with Crippen LogP contribution in [0.4, 0.5) is 0 Å². The van der Waals surface area contributed by atoms with Crippen LogP contribution in [-0.2, 0) is 16.0 Å². The molecule has 2 N–H and O–H groups in total. The first-order valence-corrected chi connectivity index (χ1v) is 8.66. The van der Waals surface area contributed by atoms with E-state index in [1.165, 1.54) is 10.9 Å². The number of nitrogens with one attached hydrogen (secondary N) is 1. The number of aromatic nitrogens is 1. The van der Waals surface area contributed by atoms with Crippen molar-refractivity contribution in [2.75, 3.05) is 19.7 Å². The minimum Gasteiger partial charge on any atom is -0.388 e. The zero-order valence-electron chi connectivity index (χ0n) is 14.0. The maximum atomic E-state index is 12.3. The molecule has 1 aromatic heterocycles. The number of para-hydroxylation sites is 1. The lowest BCUT2D eigenvalue weighted by Crippen LogP contribution is -2.63. The Morgan fingerprint density at radius 3 is 2.92 bits per heavy atom. The van der Waals surface area contributed by atoms with Crippen molar-refractivity contribution < 1.29 is 14.6 Å². The lowest BCUT2D eigenvalue weighted by Gasteiger charge is -2.47. The monoisotopic (exact) mass is 328 g/mol. The predicted octanol–water partition coefficient (Wildman–Crippen LogP) is 2.24. The number of hydrogen-bond donors (Lipinski definition) is 2. The van der Waals surface area contributed by atoms with Crippen LogP contribution in [0.15, 0.2) is 30.5 Å². The molecular weight excluding hydrogens is 304 g/mol. The molecule has 4 rings (SSSR count). The fourth-order valence-electron chi connectivity index (χ4n) is 4.06. The number of H-pyrrole nitrogens is 1. The quantitative estimate of drug-likeness (QED) is 0.905. The lowest BCUT2D eigenvalue weighted by atomic mass is 9.85. The van der Waals surface area contributed by atoms with E-state index in [1.807, 2.05) is 23.2 Å². The van der Waals surface area contributed by atoms with Gasteiger partial charge in [0.1, 0.15) is 5.60 Å². The number of aliphatic hydroxyl groups is 1. The van der Waals surface area contributed by atoms with Crippen molar-refractivity contribution in [2.24, 2.45) is 0 Å². The second kappa shape index (κ2) is 5.60. The van der Waals surface area contributed by atoms with Crippen LogP contribution in [-0.4, -0.2) is 51.8 Å². The lowest BCUT2D eigenvalue weighted by molar-refractivity contribution is -0.157. The molecule has 1 aromatic carbocycles. The van der Waals surface area contributed by atoms with Crippen molar-refractivity contribution in [3.63, 3.8) is 0 Å². The number of aromatic amines is 1. The third-order valence-electron chi connectivity index (χ3n) is 5.21. The Morgan fingerprint density at radius 1 is 1.38 bits per heavy atom. The highest BCUT2D eigenvalue weighted by molar-refractivity contribution is 5.83. The van der Waals surface area contributed by atoms with Gasteiger partial charge >= 0.3 is 0 Å². The first-order chi connectivity index (χ1) is 11.5. The second-order valence-corrected chi connectivity index (χ2v) is 7.61. The molecule has 3 heterocycles. The van der Waals surface area contributed by atoms with Crippen molar-refractivity contribution in [3.05, 3.63) is 36.0 Å². The molecular formula is C19H24N2O3. The summed E-state index contributed by atoms with van der Waals surface area (Å²) in [6, 6.07) is 8.25. The molecule has 0 radical (unpaired) electrons. The summed E-state index contributed by atoms with van der Waals surface area (Å²) in [6.07, 6.45) is 4.98. The fraction of sp³-hybridized carbons (Fsp3) is 0.526. The van der Waals surface area contributed by atoms with Crippen molar-refractivity contribution >= 4 is 16.8 Å². The number of nitrogens with zero attached hydrogens (tertiary/aromatic N) is 1. The molecule has 0 saturated carbocycles. The van der Waals surface area contributed by atoms with Gasteiger partial charge in [0, 0.05) is 29.9 Å². The second-order valence-electron chi connectivity index (χ2n) is 7.61. The number of likely N-dealkylation sites (tertiary alicyclic amines) is 1. The van der Waals surface area contributed by atoms with E-state index in [0.29, 0.717) is 32.5 Å². The van der Waals surface area contributed by atoms with Crippen LogP contribution in [0, 0.1) is 0 Å². The Labute approximate surface area is 141 Å². The van der Waals surface area contributed by atoms with Gasteiger partial charge in [-0.15, -0.1) is 0 Å². The predicted molar refractivity (Wildman–Crippen MR) is 91.7 cm³/mol. The summed E-state index contributed by atoms with van der Waals surface area (Å²) in [6.45, 7) is 3.41. The van der Waals surface area contributed by atoms with Gasteiger partial charge < -0.3 is 19.7 Å². The van der Waals surface area contributed by atoms with Crippen LogP contribution in [0.25, 0.3) is 10.9 Å². The average molecular weight is 328 g/mol. The summed E-state index contributed by atoms with van der Waals surface area (Å²) in [4.78, 5) is 17.5. The molecule has 2 saturated heterocycles. The molecule has 1 unspecified atom stereocenters. The highest BCUT2D eigenvalue weighted by atomic mass is 16.5. The Balaban J connectivity index is 1.26. The van der Waals surface area contributed by atoms with Gasteiger partial charge in [0.2, 0.25) is 5.91 Å². The number of carbonyl (C=O) groups excluding carboxylic acids is 1. The van der Waals surface area contributed by atoms with Crippen molar-refractivity contribution in [3.8, 4) is 0 Å². The minimum atomic E-state index is -0.746. The smallest absolute Gasteiger partial charge is 0.222 e.